The molecule has 1 N–H and O–H groups in total. The molecular formula is C23H29ClN2O4S. The van der Waals surface area contributed by atoms with Crippen LogP contribution >= 0.6 is 11.6 Å². The van der Waals surface area contributed by atoms with Crippen molar-refractivity contribution in [3.05, 3.63) is 58.1 Å². The van der Waals surface area contributed by atoms with E-state index in [9.17, 15) is 13.2 Å². The Bertz CT molecular complexity index is 1010. The van der Waals surface area contributed by atoms with Crippen LogP contribution in [-0.4, -0.2) is 44.9 Å². The highest BCUT2D eigenvalue weighted by Gasteiger charge is 2.33. The van der Waals surface area contributed by atoms with Gasteiger partial charge in [-0.1, -0.05) is 29.3 Å². The highest BCUT2D eigenvalue weighted by atomic mass is 35.5. The lowest BCUT2D eigenvalue weighted by molar-refractivity contribution is -0.126. The van der Waals surface area contributed by atoms with Crippen LogP contribution in [0.15, 0.2) is 41.3 Å². The van der Waals surface area contributed by atoms with Crippen molar-refractivity contribution in [2.24, 2.45) is 5.92 Å². The number of carbonyl (C=O) groups excluding carboxylic acids is 1. The van der Waals surface area contributed by atoms with E-state index < -0.39 is 10.0 Å². The van der Waals surface area contributed by atoms with Crippen LogP contribution in [0.3, 0.4) is 0 Å². The molecule has 3 rings (SSSR count). The fourth-order valence-electron chi connectivity index (χ4n) is 4.08. The molecule has 0 aromatic heterocycles. The number of benzene rings is 2. The van der Waals surface area contributed by atoms with Crippen LogP contribution in [0.1, 0.15) is 29.5 Å². The van der Waals surface area contributed by atoms with Crippen LogP contribution in [0.5, 0.6) is 5.75 Å². The maximum Gasteiger partial charge on any atom is 0.243 e. The SMILES string of the molecule is Cc1cc(C)c(S(=O)(=O)N2CCC(C(=O)NCCOc3ccc(Cl)cc3)CC2)c(C)c1. The molecule has 1 fully saturated rings. The molecule has 0 radical (unpaired) electrons. The van der Waals surface area contributed by atoms with E-state index in [0.29, 0.717) is 54.8 Å². The van der Waals surface area contributed by atoms with Crippen molar-refractivity contribution < 1.29 is 17.9 Å². The number of hydrogen-bond donors (Lipinski definition) is 1. The van der Waals surface area contributed by atoms with Crippen molar-refractivity contribution in [2.75, 3.05) is 26.2 Å². The highest BCUT2D eigenvalue weighted by Crippen LogP contribution is 2.28. The number of rotatable bonds is 7. The maximum absolute atomic E-state index is 13.2. The van der Waals surface area contributed by atoms with Gasteiger partial charge >= 0.3 is 0 Å². The maximum atomic E-state index is 13.2. The zero-order valence-corrected chi connectivity index (χ0v) is 19.7. The summed E-state index contributed by atoms with van der Waals surface area (Å²) in [4.78, 5) is 12.9. The van der Waals surface area contributed by atoms with Gasteiger partial charge in [0.25, 0.3) is 0 Å². The Morgan fingerprint density at radius 1 is 1.10 bits per heavy atom. The predicted octanol–water partition coefficient (Wildman–Crippen LogP) is 3.86. The number of piperidine rings is 1. The summed E-state index contributed by atoms with van der Waals surface area (Å²) in [5, 5.41) is 3.53. The van der Waals surface area contributed by atoms with E-state index in [1.54, 1.807) is 24.3 Å². The second-order valence-electron chi connectivity index (χ2n) is 8.00. The van der Waals surface area contributed by atoms with Gasteiger partial charge in [0, 0.05) is 24.0 Å². The van der Waals surface area contributed by atoms with Gasteiger partial charge in [0.05, 0.1) is 11.4 Å². The topological polar surface area (TPSA) is 75.7 Å². The molecule has 0 unspecified atom stereocenters. The third-order valence-corrected chi connectivity index (χ3v) is 7.97. The molecule has 1 amide bonds. The number of aryl methyl sites for hydroxylation is 3. The van der Waals surface area contributed by atoms with E-state index in [0.717, 1.165) is 16.7 Å². The molecule has 168 valence electrons. The van der Waals surface area contributed by atoms with Gasteiger partial charge in [-0.05, 0) is 69.0 Å². The van der Waals surface area contributed by atoms with Crippen LogP contribution in [0, 0.1) is 26.7 Å². The second kappa shape index (κ2) is 10.0. The molecule has 2 aromatic carbocycles. The van der Waals surface area contributed by atoms with Gasteiger partial charge in [-0.3, -0.25) is 4.79 Å². The number of nitrogens with one attached hydrogen (secondary N) is 1. The minimum atomic E-state index is -3.57. The minimum Gasteiger partial charge on any atom is -0.492 e. The van der Waals surface area contributed by atoms with Gasteiger partial charge in [0.1, 0.15) is 12.4 Å². The molecule has 1 heterocycles. The molecular weight excluding hydrogens is 436 g/mol. The van der Waals surface area contributed by atoms with Gasteiger partial charge < -0.3 is 10.1 Å². The monoisotopic (exact) mass is 464 g/mol. The first-order valence-corrected chi connectivity index (χ1v) is 12.2. The Morgan fingerprint density at radius 2 is 1.68 bits per heavy atom. The number of amides is 1. The van der Waals surface area contributed by atoms with Crippen LogP contribution in [0.2, 0.25) is 5.02 Å². The number of ether oxygens (including phenoxy) is 1. The molecule has 1 aliphatic rings. The minimum absolute atomic E-state index is 0.0561. The molecule has 0 atom stereocenters. The Labute approximate surface area is 189 Å². The Hall–Kier alpha value is -2.09. The average Bonchev–Trinajstić information content (AvgIpc) is 2.71. The normalized spacial score (nSPS) is 15.6. The smallest absolute Gasteiger partial charge is 0.243 e. The second-order valence-corrected chi connectivity index (χ2v) is 10.3. The van der Waals surface area contributed by atoms with E-state index in [-0.39, 0.29) is 11.8 Å². The molecule has 2 aromatic rings. The molecule has 8 heteroatoms. The molecule has 1 saturated heterocycles. The summed E-state index contributed by atoms with van der Waals surface area (Å²) in [6.45, 7) is 7.05. The highest BCUT2D eigenvalue weighted by molar-refractivity contribution is 7.89. The summed E-state index contributed by atoms with van der Waals surface area (Å²) in [5.41, 5.74) is 2.57. The molecule has 0 aliphatic carbocycles. The Balaban J connectivity index is 1.49. The Kier molecular flexibility index (Phi) is 7.62. The van der Waals surface area contributed by atoms with Gasteiger partial charge in [-0.15, -0.1) is 0 Å². The lowest BCUT2D eigenvalue weighted by atomic mass is 9.97. The third-order valence-electron chi connectivity index (χ3n) is 5.51. The largest absolute Gasteiger partial charge is 0.492 e. The lowest BCUT2D eigenvalue weighted by Gasteiger charge is -2.31. The first kappa shape index (κ1) is 23.6. The lowest BCUT2D eigenvalue weighted by Crippen LogP contribution is -2.43. The summed E-state index contributed by atoms with van der Waals surface area (Å²) in [7, 11) is -3.57. The molecule has 0 spiro atoms. The number of carbonyl (C=O) groups is 1. The van der Waals surface area contributed by atoms with Crippen LogP contribution in [0.25, 0.3) is 0 Å². The third kappa shape index (κ3) is 5.79. The van der Waals surface area contributed by atoms with Gasteiger partial charge in [0.2, 0.25) is 15.9 Å². The summed E-state index contributed by atoms with van der Waals surface area (Å²) >= 11 is 5.84. The number of hydrogen-bond acceptors (Lipinski definition) is 4. The van der Waals surface area contributed by atoms with Crippen LogP contribution in [-0.2, 0) is 14.8 Å². The number of halogens is 1. The van der Waals surface area contributed by atoms with Crippen LogP contribution < -0.4 is 10.1 Å². The average molecular weight is 465 g/mol. The fraction of sp³-hybridized carbons (Fsp3) is 0.435. The quantitative estimate of drug-likeness (QED) is 0.631. The van der Waals surface area contributed by atoms with Gasteiger partial charge in [-0.2, -0.15) is 4.31 Å². The molecule has 31 heavy (non-hydrogen) atoms. The number of nitrogens with zero attached hydrogens (tertiary/aromatic N) is 1. The van der Waals surface area contributed by atoms with Crippen molar-refractivity contribution in [2.45, 2.75) is 38.5 Å². The van der Waals surface area contributed by atoms with Crippen molar-refractivity contribution in [1.82, 2.24) is 9.62 Å². The van der Waals surface area contributed by atoms with Gasteiger partial charge in [0.15, 0.2) is 0 Å². The predicted molar refractivity (Wildman–Crippen MR) is 122 cm³/mol. The van der Waals surface area contributed by atoms with E-state index in [1.807, 2.05) is 32.9 Å². The summed E-state index contributed by atoms with van der Waals surface area (Å²) in [5.74, 6) is 0.445. The summed E-state index contributed by atoms with van der Waals surface area (Å²) in [6.07, 6.45) is 1.01. The van der Waals surface area contributed by atoms with Gasteiger partial charge in [-0.25, -0.2) is 8.42 Å². The fourth-order valence-corrected chi connectivity index (χ4v) is 6.09. The van der Waals surface area contributed by atoms with E-state index >= 15 is 0 Å². The zero-order chi connectivity index (χ0) is 22.6. The zero-order valence-electron chi connectivity index (χ0n) is 18.2. The molecule has 6 nitrogen and oxygen atoms in total. The standard InChI is InChI=1S/C23H29ClN2O4S/c1-16-14-17(2)22(18(3)15-16)31(28,29)26-11-8-19(9-12-26)23(27)25-10-13-30-21-6-4-20(24)5-7-21/h4-7,14-15,19H,8-13H2,1-3H3,(H,25,27). The summed E-state index contributed by atoms with van der Waals surface area (Å²) in [6, 6.07) is 10.8. The Morgan fingerprint density at radius 3 is 2.26 bits per heavy atom. The van der Waals surface area contributed by atoms with E-state index in [4.69, 9.17) is 16.3 Å². The van der Waals surface area contributed by atoms with E-state index in [1.165, 1.54) is 4.31 Å². The first-order valence-electron chi connectivity index (χ1n) is 10.4. The molecule has 1 aliphatic heterocycles. The van der Waals surface area contributed by atoms with Crippen molar-refractivity contribution in [3.8, 4) is 5.75 Å². The van der Waals surface area contributed by atoms with Crippen LogP contribution in [0.4, 0.5) is 0 Å². The molecule has 0 bridgehead atoms. The summed E-state index contributed by atoms with van der Waals surface area (Å²) < 4.78 is 33.5. The van der Waals surface area contributed by atoms with E-state index in [2.05, 4.69) is 5.32 Å². The van der Waals surface area contributed by atoms with Crippen molar-refractivity contribution in [3.63, 3.8) is 0 Å². The van der Waals surface area contributed by atoms with Crippen molar-refractivity contribution >= 4 is 27.5 Å². The van der Waals surface area contributed by atoms with Crippen molar-refractivity contribution in [1.29, 1.82) is 0 Å². The number of sulfonamides is 1. The molecule has 0 saturated carbocycles. The first-order chi connectivity index (χ1) is 14.7.